The minimum atomic E-state index is -0.648. The maximum atomic E-state index is 15.0. The van der Waals surface area contributed by atoms with Crippen LogP contribution in [-0.4, -0.2) is 37.1 Å². The van der Waals surface area contributed by atoms with Crippen LogP contribution in [0.15, 0.2) is 47.4 Å². The Morgan fingerprint density at radius 1 is 1.09 bits per heavy atom. The Hall–Kier alpha value is -3.26. The van der Waals surface area contributed by atoms with Crippen molar-refractivity contribution in [2.45, 2.75) is 63.1 Å². The maximum Gasteiger partial charge on any atom is 0.250 e. The Morgan fingerprint density at radius 3 is 2.44 bits per heavy atom. The molecule has 5 rings (SSSR count). The van der Waals surface area contributed by atoms with E-state index in [9.17, 15) is 9.90 Å². The topological polar surface area (TPSA) is 89.3 Å². The number of fused-ring (bicyclic) bond motifs is 2. The Balaban J connectivity index is 1.36. The molecule has 2 aliphatic heterocycles. The van der Waals surface area contributed by atoms with Gasteiger partial charge in [-0.3, -0.25) is 4.79 Å². The van der Waals surface area contributed by atoms with Crippen molar-refractivity contribution in [3.8, 4) is 34.0 Å². The van der Waals surface area contributed by atoms with Gasteiger partial charge in [-0.05, 0) is 68.5 Å². The average molecular weight is 465 g/mol. The summed E-state index contributed by atoms with van der Waals surface area (Å²) in [6, 6.07) is 9.06. The highest BCUT2D eigenvalue weighted by Gasteiger charge is 2.46. The molecule has 0 saturated carbocycles. The molecular formula is C26H29FN4O3. The average Bonchev–Trinajstić information content (AvgIpc) is 2.75. The van der Waals surface area contributed by atoms with E-state index in [2.05, 4.69) is 29.4 Å². The highest BCUT2D eigenvalue weighted by molar-refractivity contribution is 5.74. The van der Waals surface area contributed by atoms with E-state index in [-0.39, 0.29) is 39.7 Å². The number of aromatic hydroxyl groups is 1. The summed E-state index contributed by atoms with van der Waals surface area (Å²) in [4.78, 5) is 11.9. The molecule has 2 aromatic heterocycles. The predicted octanol–water partition coefficient (Wildman–Crippen LogP) is 4.19. The number of halogens is 1. The van der Waals surface area contributed by atoms with Crippen LogP contribution in [0.25, 0.3) is 22.4 Å². The molecule has 1 aromatic carbocycles. The largest absolute Gasteiger partial charge is 0.507 e. The lowest BCUT2D eigenvalue weighted by Gasteiger charge is -2.53. The summed E-state index contributed by atoms with van der Waals surface area (Å²) < 4.78 is 22.6. The second-order valence-corrected chi connectivity index (χ2v) is 10.2. The van der Waals surface area contributed by atoms with Crippen LogP contribution in [0.1, 0.15) is 46.0 Å². The van der Waals surface area contributed by atoms with Crippen LogP contribution in [0.5, 0.6) is 11.6 Å². The minimum Gasteiger partial charge on any atom is -0.507 e. The number of phenolic OH excluding ortho intramolecular Hbond substituents is 1. The normalized spacial score (nSPS) is 26.3. The number of hydrogen-bond acceptors (Lipinski definition) is 6. The van der Waals surface area contributed by atoms with Crippen LogP contribution in [-0.2, 0) is 7.05 Å². The molecule has 4 heterocycles. The van der Waals surface area contributed by atoms with E-state index in [0.29, 0.717) is 17.0 Å². The number of aryl methyl sites for hydroxylation is 1. The smallest absolute Gasteiger partial charge is 0.250 e. The van der Waals surface area contributed by atoms with E-state index in [1.807, 2.05) is 0 Å². The number of pyridine rings is 1. The van der Waals surface area contributed by atoms with Gasteiger partial charge in [-0.25, -0.2) is 4.39 Å². The van der Waals surface area contributed by atoms with Crippen molar-refractivity contribution in [2.24, 2.45) is 7.05 Å². The van der Waals surface area contributed by atoms with Crippen molar-refractivity contribution in [3.63, 3.8) is 0 Å². The molecule has 0 radical (unpaired) electrons. The molecule has 2 aliphatic rings. The van der Waals surface area contributed by atoms with Crippen LogP contribution < -0.4 is 15.6 Å². The standard InChI is InChI=1S/C26H29FN4O3/c1-25-8-4-9-26(2,30-25)15-18(14-25)34-22-6-5-20(28-29-22)24-19(27)11-17(12-21(24)32)16-7-10-31(3)23(33)13-16/h5-7,10-13,18,30,32H,4,8-9,14-15H2,1-3H3/t18-,25+,26-. The summed E-state index contributed by atoms with van der Waals surface area (Å²) in [6.45, 7) is 4.49. The summed E-state index contributed by atoms with van der Waals surface area (Å²) in [6.07, 6.45) is 6.88. The second kappa shape index (κ2) is 8.20. The number of ether oxygens (including phenoxy) is 1. The van der Waals surface area contributed by atoms with Gasteiger partial charge in [0.1, 0.15) is 17.7 Å². The predicted molar refractivity (Wildman–Crippen MR) is 127 cm³/mol. The number of phenols is 1. The minimum absolute atomic E-state index is 0.0275. The molecule has 3 atom stereocenters. The second-order valence-electron chi connectivity index (χ2n) is 10.2. The summed E-state index contributed by atoms with van der Waals surface area (Å²) in [5, 5.41) is 22.6. The van der Waals surface area contributed by atoms with E-state index < -0.39 is 5.82 Å². The van der Waals surface area contributed by atoms with Crippen molar-refractivity contribution < 1.29 is 14.2 Å². The lowest BCUT2D eigenvalue weighted by Crippen LogP contribution is -2.65. The Morgan fingerprint density at radius 2 is 1.82 bits per heavy atom. The van der Waals surface area contributed by atoms with Crippen molar-refractivity contribution in [2.75, 3.05) is 0 Å². The third kappa shape index (κ3) is 4.30. The lowest BCUT2D eigenvalue weighted by molar-refractivity contribution is 0.00726. The number of benzene rings is 1. The van der Waals surface area contributed by atoms with E-state index in [1.165, 1.54) is 29.2 Å². The van der Waals surface area contributed by atoms with Gasteiger partial charge < -0.3 is 19.7 Å². The van der Waals surface area contributed by atoms with E-state index in [1.54, 1.807) is 31.4 Å². The van der Waals surface area contributed by atoms with Gasteiger partial charge in [0.05, 0.1) is 11.3 Å². The van der Waals surface area contributed by atoms with Crippen LogP contribution in [0.2, 0.25) is 0 Å². The van der Waals surface area contributed by atoms with Gasteiger partial charge in [0.15, 0.2) is 0 Å². The van der Waals surface area contributed by atoms with Gasteiger partial charge >= 0.3 is 0 Å². The van der Waals surface area contributed by atoms with Crippen LogP contribution >= 0.6 is 0 Å². The first-order valence-electron chi connectivity index (χ1n) is 11.6. The molecule has 3 aromatic rings. The number of hydrogen-bond donors (Lipinski definition) is 2. The quantitative estimate of drug-likeness (QED) is 0.602. The SMILES string of the molecule is Cn1ccc(-c2cc(O)c(-c3ccc(O[C@@H]4C[C@]5(C)CCC[C@](C)(C4)N5)nn3)c(F)c2)cc1=O. The number of piperidine rings is 2. The molecule has 178 valence electrons. The van der Waals surface area contributed by atoms with Gasteiger partial charge in [0, 0.05) is 49.3 Å². The molecule has 0 spiro atoms. The van der Waals surface area contributed by atoms with Crippen LogP contribution in [0.3, 0.4) is 0 Å². The Labute approximate surface area is 197 Å². The third-order valence-electron chi connectivity index (χ3n) is 7.11. The molecular weight excluding hydrogens is 435 g/mol. The fourth-order valence-corrected chi connectivity index (χ4v) is 5.62. The first-order valence-corrected chi connectivity index (χ1v) is 11.6. The molecule has 2 bridgehead atoms. The summed E-state index contributed by atoms with van der Waals surface area (Å²) in [5.41, 5.74) is 0.993. The fourth-order valence-electron chi connectivity index (χ4n) is 5.62. The van der Waals surface area contributed by atoms with Gasteiger partial charge in [0.2, 0.25) is 5.88 Å². The molecule has 0 aliphatic carbocycles. The van der Waals surface area contributed by atoms with Crippen LogP contribution in [0.4, 0.5) is 4.39 Å². The summed E-state index contributed by atoms with van der Waals surface area (Å²) in [5.74, 6) is -0.533. The molecule has 7 nitrogen and oxygen atoms in total. The van der Waals surface area contributed by atoms with Crippen molar-refractivity contribution in [3.05, 3.63) is 58.8 Å². The van der Waals surface area contributed by atoms with Gasteiger partial charge in [-0.15, -0.1) is 10.2 Å². The van der Waals surface area contributed by atoms with Gasteiger partial charge in [-0.2, -0.15) is 0 Å². The van der Waals surface area contributed by atoms with Crippen molar-refractivity contribution in [1.29, 1.82) is 0 Å². The van der Waals surface area contributed by atoms with E-state index in [0.717, 1.165) is 25.7 Å². The van der Waals surface area contributed by atoms with Gasteiger partial charge in [0.25, 0.3) is 5.56 Å². The van der Waals surface area contributed by atoms with Gasteiger partial charge in [-0.1, -0.05) is 0 Å². The maximum absolute atomic E-state index is 15.0. The molecule has 2 N–H and O–H groups in total. The molecule has 34 heavy (non-hydrogen) atoms. The molecule has 8 heteroatoms. The Kier molecular flexibility index (Phi) is 5.43. The zero-order valence-electron chi connectivity index (χ0n) is 19.6. The lowest BCUT2D eigenvalue weighted by atomic mass is 9.70. The molecule has 2 fully saturated rings. The third-order valence-corrected chi connectivity index (χ3v) is 7.11. The molecule has 2 saturated heterocycles. The number of nitrogens with zero attached hydrogens (tertiary/aromatic N) is 3. The first kappa shape index (κ1) is 22.5. The van der Waals surface area contributed by atoms with Crippen molar-refractivity contribution >= 4 is 0 Å². The van der Waals surface area contributed by atoms with Crippen molar-refractivity contribution in [1.82, 2.24) is 20.1 Å². The summed E-state index contributed by atoms with van der Waals surface area (Å²) in [7, 11) is 1.64. The summed E-state index contributed by atoms with van der Waals surface area (Å²) >= 11 is 0. The monoisotopic (exact) mass is 464 g/mol. The van der Waals surface area contributed by atoms with Crippen LogP contribution in [0, 0.1) is 5.82 Å². The zero-order chi connectivity index (χ0) is 24.1. The highest BCUT2D eigenvalue weighted by Crippen LogP contribution is 2.41. The zero-order valence-corrected chi connectivity index (χ0v) is 19.6. The highest BCUT2D eigenvalue weighted by atomic mass is 19.1. The fraction of sp³-hybridized carbons (Fsp3) is 0.423. The number of rotatable bonds is 4. The number of aromatic nitrogens is 3. The number of nitrogens with one attached hydrogen (secondary N) is 1. The Bertz CT molecular complexity index is 1250. The molecule has 0 unspecified atom stereocenters. The first-order chi connectivity index (χ1) is 16.1. The van der Waals surface area contributed by atoms with E-state index in [4.69, 9.17) is 4.74 Å². The molecule has 0 amide bonds. The van der Waals surface area contributed by atoms with E-state index >= 15 is 4.39 Å².